The van der Waals surface area contributed by atoms with Crippen LogP contribution in [0.3, 0.4) is 0 Å². The van der Waals surface area contributed by atoms with Gasteiger partial charge in [0, 0.05) is 33.0 Å². The molecule has 2 aromatic rings. The van der Waals surface area contributed by atoms with Crippen molar-refractivity contribution in [3.63, 3.8) is 0 Å². The zero-order valence-electron chi connectivity index (χ0n) is 9.31. The first-order chi connectivity index (χ1) is 7.66. The van der Waals surface area contributed by atoms with E-state index in [1.54, 1.807) is 0 Å². The van der Waals surface area contributed by atoms with E-state index in [9.17, 15) is 0 Å². The number of hydrogen-bond donors (Lipinski definition) is 2. The predicted octanol–water partition coefficient (Wildman–Crippen LogP) is 3.23. The van der Waals surface area contributed by atoms with Crippen LogP contribution in [0.4, 0.5) is 0 Å². The molecule has 1 aromatic heterocycles. The summed E-state index contributed by atoms with van der Waals surface area (Å²) in [5.74, 6) is 0. The van der Waals surface area contributed by atoms with Crippen LogP contribution in [0.15, 0.2) is 22.7 Å². The van der Waals surface area contributed by atoms with Crippen LogP contribution >= 0.6 is 15.9 Å². The molecule has 1 aliphatic carbocycles. The molecular weight excluding hydrogens is 264 g/mol. The number of aromatic nitrogens is 1. The molecular formula is C13H15BrN2. The summed E-state index contributed by atoms with van der Waals surface area (Å²) >= 11 is 3.50. The van der Waals surface area contributed by atoms with E-state index in [2.05, 4.69) is 46.0 Å². The monoisotopic (exact) mass is 278 g/mol. The van der Waals surface area contributed by atoms with E-state index in [1.165, 1.54) is 35.0 Å². The maximum absolute atomic E-state index is 5.93. The Balaban J connectivity index is 2.28. The van der Waals surface area contributed by atoms with Crippen LogP contribution in [0.1, 0.15) is 24.1 Å². The first-order valence-electron chi connectivity index (χ1n) is 5.65. The maximum atomic E-state index is 5.93. The number of H-pyrrole nitrogens is 1. The van der Waals surface area contributed by atoms with Crippen LogP contribution in [-0.4, -0.2) is 11.5 Å². The molecule has 1 aliphatic rings. The van der Waals surface area contributed by atoms with Crippen molar-refractivity contribution in [2.75, 3.05) is 6.54 Å². The lowest BCUT2D eigenvalue weighted by Crippen LogP contribution is -2.20. The maximum Gasteiger partial charge on any atom is 0.0470 e. The van der Waals surface area contributed by atoms with E-state index in [1.807, 2.05) is 0 Å². The van der Waals surface area contributed by atoms with Gasteiger partial charge in [0.25, 0.3) is 0 Å². The summed E-state index contributed by atoms with van der Waals surface area (Å²) in [6, 6.07) is 6.43. The minimum atomic E-state index is 0.260. The molecule has 16 heavy (non-hydrogen) atoms. The summed E-state index contributed by atoms with van der Waals surface area (Å²) in [6.45, 7) is 2.91. The zero-order chi connectivity index (χ0) is 11.3. The van der Waals surface area contributed by atoms with Crippen molar-refractivity contribution in [3.8, 4) is 0 Å². The lowest BCUT2D eigenvalue weighted by atomic mass is 9.93. The molecule has 0 radical (unpaired) electrons. The first-order valence-corrected chi connectivity index (χ1v) is 6.44. The molecule has 0 bridgehead atoms. The third-order valence-electron chi connectivity index (χ3n) is 3.72. The SMILES string of the molecule is Cc1[nH]c2cc(Br)ccc2c1C1(CN)CC1. The number of nitrogens with one attached hydrogen (secondary N) is 1. The summed E-state index contributed by atoms with van der Waals surface area (Å²) < 4.78 is 1.12. The van der Waals surface area contributed by atoms with E-state index in [0.29, 0.717) is 0 Å². The Morgan fingerprint density at radius 2 is 2.19 bits per heavy atom. The number of aromatic amines is 1. The molecule has 1 heterocycles. The molecule has 84 valence electrons. The highest BCUT2D eigenvalue weighted by Crippen LogP contribution is 2.50. The summed E-state index contributed by atoms with van der Waals surface area (Å²) in [6.07, 6.45) is 2.46. The molecule has 1 fully saturated rings. The molecule has 2 nitrogen and oxygen atoms in total. The molecule has 3 heteroatoms. The molecule has 0 saturated heterocycles. The average Bonchev–Trinajstić information content (AvgIpc) is 2.96. The fraction of sp³-hybridized carbons (Fsp3) is 0.385. The largest absolute Gasteiger partial charge is 0.358 e. The number of nitrogens with two attached hydrogens (primary N) is 1. The highest BCUT2D eigenvalue weighted by molar-refractivity contribution is 9.10. The highest BCUT2D eigenvalue weighted by Gasteiger charge is 2.45. The van der Waals surface area contributed by atoms with Gasteiger partial charge in [0.2, 0.25) is 0 Å². The van der Waals surface area contributed by atoms with Crippen molar-refractivity contribution in [1.29, 1.82) is 0 Å². The molecule has 1 saturated carbocycles. The summed E-state index contributed by atoms with van der Waals surface area (Å²) in [5.41, 5.74) is 10.1. The first kappa shape index (κ1) is 10.4. The van der Waals surface area contributed by atoms with E-state index in [-0.39, 0.29) is 5.41 Å². The fourth-order valence-corrected chi connectivity index (χ4v) is 3.06. The summed E-state index contributed by atoms with van der Waals surface area (Å²) in [5, 5.41) is 1.34. The van der Waals surface area contributed by atoms with Gasteiger partial charge >= 0.3 is 0 Å². The normalized spacial score (nSPS) is 17.9. The van der Waals surface area contributed by atoms with Gasteiger partial charge < -0.3 is 10.7 Å². The van der Waals surface area contributed by atoms with Crippen LogP contribution in [0, 0.1) is 6.92 Å². The van der Waals surface area contributed by atoms with Crippen molar-refractivity contribution in [3.05, 3.63) is 33.9 Å². The van der Waals surface area contributed by atoms with Crippen molar-refractivity contribution in [1.82, 2.24) is 4.98 Å². The number of fused-ring (bicyclic) bond motifs is 1. The Bertz CT molecular complexity index is 552. The second-order valence-corrected chi connectivity index (χ2v) is 5.72. The van der Waals surface area contributed by atoms with Crippen LogP contribution in [0.5, 0.6) is 0 Å². The van der Waals surface area contributed by atoms with Crippen LogP contribution in [-0.2, 0) is 5.41 Å². The Hall–Kier alpha value is -0.800. The quantitative estimate of drug-likeness (QED) is 0.870. The van der Waals surface area contributed by atoms with Gasteiger partial charge in [-0.05, 0) is 37.5 Å². The van der Waals surface area contributed by atoms with Crippen molar-refractivity contribution in [2.24, 2.45) is 5.73 Å². The van der Waals surface area contributed by atoms with Crippen molar-refractivity contribution < 1.29 is 0 Å². The standard InChI is InChI=1S/C13H15BrN2/c1-8-12(13(7-15)4-5-13)10-3-2-9(14)6-11(10)16-8/h2-3,6,16H,4-5,7,15H2,1H3. The van der Waals surface area contributed by atoms with Gasteiger partial charge in [0.05, 0.1) is 0 Å². The van der Waals surface area contributed by atoms with Gasteiger partial charge in [-0.1, -0.05) is 22.0 Å². The van der Waals surface area contributed by atoms with E-state index < -0.39 is 0 Å². The summed E-state index contributed by atoms with van der Waals surface area (Å²) in [7, 11) is 0. The zero-order valence-corrected chi connectivity index (χ0v) is 10.9. The smallest absolute Gasteiger partial charge is 0.0470 e. The van der Waals surface area contributed by atoms with Crippen LogP contribution in [0.25, 0.3) is 10.9 Å². The van der Waals surface area contributed by atoms with E-state index in [0.717, 1.165) is 11.0 Å². The van der Waals surface area contributed by atoms with Gasteiger partial charge in [-0.15, -0.1) is 0 Å². The lowest BCUT2D eigenvalue weighted by Gasteiger charge is -2.12. The Morgan fingerprint density at radius 1 is 1.44 bits per heavy atom. The number of halogens is 1. The van der Waals surface area contributed by atoms with E-state index >= 15 is 0 Å². The Kier molecular flexibility index (Phi) is 2.17. The molecule has 0 amide bonds. The van der Waals surface area contributed by atoms with Crippen molar-refractivity contribution >= 4 is 26.8 Å². The van der Waals surface area contributed by atoms with Gasteiger partial charge in [-0.25, -0.2) is 0 Å². The molecule has 3 N–H and O–H groups in total. The molecule has 1 aromatic carbocycles. The third-order valence-corrected chi connectivity index (χ3v) is 4.22. The lowest BCUT2D eigenvalue weighted by molar-refractivity contribution is 0.705. The molecule has 0 spiro atoms. The predicted molar refractivity (Wildman–Crippen MR) is 70.7 cm³/mol. The number of hydrogen-bond acceptors (Lipinski definition) is 1. The minimum absolute atomic E-state index is 0.260. The van der Waals surface area contributed by atoms with Crippen LogP contribution < -0.4 is 5.73 Å². The topological polar surface area (TPSA) is 41.8 Å². The number of rotatable bonds is 2. The number of aryl methyl sites for hydroxylation is 1. The highest BCUT2D eigenvalue weighted by atomic mass is 79.9. The molecule has 0 unspecified atom stereocenters. The average molecular weight is 279 g/mol. The Morgan fingerprint density at radius 3 is 2.81 bits per heavy atom. The van der Waals surface area contributed by atoms with Crippen LogP contribution in [0.2, 0.25) is 0 Å². The minimum Gasteiger partial charge on any atom is -0.358 e. The fourth-order valence-electron chi connectivity index (χ4n) is 2.69. The molecule has 0 atom stereocenters. The van der Waals surface area contributed by atoms with E-state index in [4.69, 9.17) is 5.73 Å². The third kappa shape index (κ3) is 1.35. The van der Waals surface area contributed by atoms with Gasteiger partial charge in [-0.2, -0.15) is 0 Å². The number of benzene rings is 1. The van der Waals surface area contributed by atoms with Gasteiger partial charge in [0.1, 0.15) is 0 Å². The second kappa shape index (κ2) is 3.34. The molecule has 0 aliphatic heterocycles. The molecule has 3 rings (SSSR count). The van der Waals surface area contributed by atoms with Gasteiger partial charge in [0.15, 0.2) is 0 Å². The van der Waals surface area contributed by atoms with Gasteiger partial charge in [-0.3, -0.25) is 0 Å². The summed E-state index contributed by atoms with van der Waals surface area (Å²) in [4.78, 5) is 3.46. The second-order valence-electron chi connectivity index (χ2n) is 4.80. The van der Waals surface area contributed by atoms with Crippen molar-refractivity contribution in [2.45, 2.75) is 25.2 Å². The Labute approximate surface area is 103 Å².